The van der Waals surface area contributed by atoms with Gasteiger partial charge in [0.25, 0.3) is 0 Å². The Labute approximate surface area is 69.0 Å². The number of hydrogen-bond donors (Lipinski definition) is 0. The van der Waals surface area contributed by atoms with Crippen molar-refractivity contribution in [2.24, 2.45) is 11.8 Å². The van der Waals surface area contributed by atoms with Crippen LogP contribution in [0.3, 0.4) is 0 Å². The predicted molar refractivity (Wildman–Crippen MR) is 48.3 cm³/mol. The zero-order chi connectivity index (χ0) is 7.84. The summed E-state index contributed by atoms with van der Waals surface area (Å²) < 4.78 is 0. The highest BCUT2D eigenvalue weighted by molar-refractivity contribution is 5.28. The van der Waals surface area contributed by atoms with Crippen molar-refractivity contribution in [2.45, 2.75) is 33.1 Å². The van der Waals surface area contributed by atoms with Crippen LogP contribution < -0.4 is 0 Å². The second-order valence-electron chi connectivity index (χ2n) is 3.97. The molecule has 0 heterocycles. The summed E-state index contributed by atoms with van der Waals surface area (Å²) in [5.74, 6) is 1.81. The van der Waals surface area contributed by atoms with Crippen LogP contribution in [0.15, 0.2) is 23.3 Å². The second-order valence-corrected chi connectivity index (χ2v) is 3.97. The van der Waals surface area contributed by atoms with Gasteiger partial charge in [-0.1, -0.05) is 29.7 Å². The predicted octanol–water partition coefficient (Wildman–Crippen LogP) is 3.31. The van der Waals surface area contributed by atoms with Gasteiger partial charge >= 0.3 is 0 Å². The molecule has 0 unspecified atom stereocenters. The maximum atomic E-state index is 2.31. The summed E-state index contributed by atoms with van der Waals surface area (Å²) in [5, 5.41) is 0. The fourth-order valence-electron chi connectivity index (χ4n) is 2.56. The molecule has 0 N–H and O–H groups in total. The minimum Gasteiger partial charge on any atom is -0.0696 e. The van der Waals surface area contributed by atoms with Crippen LogP contribution >= 0.6 is 0 Å². The van der Waals surface area contributed by atoms with Crippen molar-refractivity contribution in [3.63, 3.8) is 0 Å². The van der Waals surface area contributed by atoms with Gasteiger partial charge < -0.3 is 0 Å². The van der Waals surface area contributed by atoms with Crippen LogP contribution in [-0.4, -0.2) is 0 Å². The topological polar surface area (TPSA) is 0 Å². The van der Waals surface area contributed by atoms with E-state index in [4.69, 9.17) is 0 Å². The Bertz CT molecular complexity index is 196. The molecular formula is C11H16. The van der Waals surface area contributed by atoms with Gasteiger partial charge in [-0.3, -0.25) is 0 Å². The van der Waals surface area contributed by atoms with Crippen molar-refractivity contribution in [3.05, 3.63) is 23.3 Å². The fraction of sp³-hybridized carbons (Fsp3) is 0.636. The molecular weight excluding hydrogens is 132 g/mol. The van der Waals surface area contributed by atoms with E-state index in [-0.39, 0.29) is 0 Å². The molecule has 2 atom stereocenters. The summed E-state index contributed by atoms with van der Waals surface area (Å²) in [6, 6.07) is 0. The van der Waals surface area contributed by atoms with Gasteiger partial charge in [-0.15, -0.1) is 0 Å². The second kappa shape index (κ2) is 2.51. The van der Waals surface area contributed by atoms with Crippen molar-refractivity contribution >= 4 is 0 Å². The Balaban J connectivity index is 2.30. The van der Waals surface area contributed by atoms with E-state index in [1.54, 1.807) is 11.1 Å². The highest BCUT2D eigenvalue weighted by Crippen LogP contribution is 2.42. The molecule has 1 fully saturated rings. The van der Waals surface area contributed by atoms with Crippen LogP contribution in [0.25, 0.3) is 0 Å². The molecule has 60 valence electrons. The highest BCUT2D eigenvalue weighted by atomic mass is 14.3. The molecule has 0 bridgehead atoms. The maximum absolute atomic E-state index is 2.31. The first-order chi connectivity index (χ1) is 5.29. The van der Waals surface area contributed by atoms with Crippen molar-refractivity contribution in [3.8, 4) is 0 Å². The summed E-state index contributed by atoms with van der Waals surface area (Å²) in [4.78, 5) is 0. The molecule has 0 aliphatic heterocycles. The van der Waals surface area contributed by atoms with Gasteiger partial charge in [-0.05, 0) is 38.5 Å². The summed E-state index contributed by atoms with van der Waals surface area (Å²) >= 11 is 0. The lowest BCUT2D eigenvalue weighted by atomic mass is 9.81. The molecule has 0 spiro atoms. The van der Waals surface area contributed by atoms with Gasteiger partial charge in [-0.2, -0.15) is 0 Å². The average molecular weight is 148 g/mol. The maximum Gasteiger partial charge on any atom is -0.0137 e. The zero-order valence-electron chi connectivity index (χ0n) is 7.43. The van der Waals surface area contributed by atoms with E-state index in [9.17, 15) is 0 Å². The van der Waals surface area contributed by atoms with E-state index in [0.717, 1.165) is 11.8 Å². The molecule has 0 heteroatoms. The van der Waals surface area contributed by atoms with Gasteiger partial charge in [0.15, 0.2) is 0 Å². The first-order valence-corrected chi connectivity index (χ1v) is 4.64. The number of hydrogen-bond acceptors (Lipinski definition) is 0. The highest BCUT2D eigenvalue weighted by Gasteiger charge is 2.30. The van der Waals surface area contributed by atoms with Gasteiger partial charge in [0.1, 0.15) is 0 Å². The molecule has 0 amide bonds. The quantitative estimate of drug-likeness (QED) is 0.494. The smallest absolute Gasteiger partial charge is 0.0137 e. The normalized spacial score (nSPS) is 36.2. The molecule has 0 nitrogen and oxygen atoms in total. The van der Waals surface area contributed by atoms with Crippen molar-refractivity contribution < 1.29 is 0 Å². The molecule has 1 saturated carbocycles. The SMILES string of the molecule is CC1=CC=C(C)[C@@H]2CCC[C@@H]12. The Kier molecular flexibility index (Phi) is 1.63. The molecule has 0 radical (unpaired) electrons. The lowest BCUT2D eigenvalue weighted by Crippen LogP contribution is -2.13. The molecule has 0 aromatic heterocycles. The molecule has 11 heavy (non-hydrogen) atoms. The monoisotopic (exact) mass is 148 g/mol. The Morgan fingerprint density at radius 2 is 1.45 bits per heavy atom. The largest absolute Gasteiger partial charge is 0.0696 e. The third-order valence-electron chi connectivity index (χ3n) is 3.29. The van der Waals surface area contributed by atoms with E-state index in [1.165, 1.54) is 19.3 Å². The van der Waals surface area contributed by atoms with Crippen LogP contribution in [0.5, 0.6) is 0 Å². The lowest BCUT2D eigenvalue weighted by Gasteiger charge is -2.24. The third-order valence-corrected chi connectivity index (χ3v) is 3.29. The van der Waals surface area contributed by atoms with Gasteiger partial charge in [0.2, 0.25) is 0 Å². The minimum atomic E-state index is 0.903. The Morgan fingerprint density at radius 3 is 1.91 bits per heavy atom. The standard InChI is InChI=1S/C11H16/c1-8-6-7-9(2)11-5-3-4-10(8)11/h6-7,10-11H,3-5H2,1-2H3/t10-,11-/m0/s1. The fourth-order valence-corrected chi connectivity index (χ4v) is 2.56. The van der Waals surface area contributed by atoms with Crippen LogP contribution in [0.4, 0.5) is 0 Å². The molecule has 0 aromatic rings. The average Bonchev–Trinajstić information content (AvgIpc) is 2.45. The summed E-state index contributed by atoms with van der Waals surface area (Å²) in [6.45, 7) is 4.57. The van der Waals surface area contributed by atoms with E-state index in [1.807, 2.05) is 0 Å². The third kappa shape index (κ3) is 1.05. The van der Waals surface area contributed by atoms with Gasteiger partial charge in [0, 0.05) is 0 Å². The van der Waals surface area contributed by atoms with Crippen LogP contribution in [0.2, 0.25) is 0 Å². The van der Waals surface area contributed by atoms with E-state index in [2.05, 4.69) is 26.0 Å². The number of rotatable bonds is 0. The molecule has 0 aromatic carbocycles. The number of fused-ring (bicyclic) bond motifs is 1. The lowest BCUT2D eigenvalue weighted by molar-refractivity contribution is 0.496. The molecule has 0 saturated heterocycles. The van der Waals surface area contributed by atoms with Crippen LogP contribution in [0, 0.1) is 11.8 Å². The minimum absolute atomic E-state index is 0.903. The van der Waals surface area contributed by atoms with Crippen molar-refractivity contribution in [2.75, 3.05) is 0 Å². The zero-order valence-corrected chi connectivity index (χ0v) is 7.43. The van der Waals surface area contributed by atoms with Gasteiger partial charge in [-0.25, -0.2) is 0 Å². The number of allylic oxidation sites excluding steroid dienone is 4. The Morgan fingerprint density at radius 1 is 1.00 bits per heavy atom. The summed E-state index contributed by atoms with van der Waals surface area (Å²) in [6.07, 6.45) is 8.91. The van der Waals surface area contributed by atoms with Crippen molar-refractivity contribution in [1.29, 1.82) is 0 Å². The first kappa shape index (κ1) is 7.15. The summed E-state index contributed by atoms with van der Waals surface area (Å²) in [7, 11) is 0. The molecule has 2 aliphatic carbocycles. The van der Waals surface area contributed by atoms with E-state index >= 15 is 0 Å². The van der Waals surface area contributed by atoms with Gasteiger partial charge in [0.05, 0.1) is 0 Å². The van der Waals surface area contributed by atoms with Crippen molar-refractivity contribution in [1.82, 2.24) is 0 Å². The molecule has 2 aliphatic rings. The first-order valence-electron chi connectivity index (χ1n) is 4.64. The van der Waals surface area contributed by atoms with E-state index < -0.39 is 0 Å². The summed E-state index contributed by atoms with van der Waals surface area (Å²) in [5.41, 5.74) is 3.22. The Hall–Kier alpha value is -0.520. The molecule has 2 rings (SSSR count). The van der Waals surface area contributed by atoms with Crippen LogP contribution in [-0.2, 0) is 0 Å². The van der Waals surface area contributed by atoms with Crippen LogP contribution in [0.1, 0.15) is 33.1 Å². The van der Waals surface area contributed by atoms with E-state index in [0.29, 0.717) is 0 Å².